The molecule has 1 aliphatic carbocycles. The van der Waals surface area contributed by atoms with E-state index in [1.807, 2.05) is 12.2 Å². The number of hydrogen-bond donors (Lipinski definition) is 0. The minimum atomic E-state index is -0.389. The van der Waals surface area contributed by atoms with Gasteiger partial charge in [0.05, 0.1) is 16.8 Å². The van der Waals surface area contributed by atoms with Gasteiger partial charge in [-0.25, -0.2) is 0 Å². The van der Waals surface area contributed by atoms with E-state index >= 15 is 0 Å². The number of Topliss-reactive ketones (excluding diaryl/α,β-unsaturated/α-hetero) is 1. The van der Waals surface area contributed by atoms with E-state index in [1.54, 1.807) is 24.3 Å². The number of amides is 2. The van der Waals surface area contributed by atoms with Gasteiger partial charge in [-0.3, -0.25) is 14.4 Å². The molecule has 44 heavy (non-hydrogen) atoms. The van der Waals surface area contributed by atoms with Crippen molar-refractivity contribution in [3.63, 3.8) is 0 Å². The molecule has 0 atom stereocenters. The van der Waals surface area contributed by atoms with E-state index < -0.39 is 0 Å². The van der Waals surface area contributed by atoms with Gasteiger partial charge in [0.25, 0.3) is 11.8 Å². The summed E-state index contributed by atoms with van der Waals surface area (Å²) in [5.74, 6) is -0.0645. The maximum atomic E-state index is 14.8. The number of allylic oxidation sites excluding steroid dienone is 4. The lowest BCUT2D eigenvalue weighted by Gasteiger charge is -2.27. The van der Waals surface area contributed by atoms with E-state index in [9.17, 15) is 14.4 Å². The number of rotatable bonds is 8. The van der Waals surface area contributed by atoms with Crippen LogP contribution in [0.25, 0.3) is 11.1 Å². The lowest BCUT2D eigenvalue weighted by Crippen LogP contribution is -2.22. The van der Waals surface area contributed by atoms with Crippen molar-refractivity contribution in [2.45, 2.75) is 79.1 Å². The standard InChI is InChI=1S/C38H40N2O3S/c1-21(2)26-15-11-16-27(22(3)4)34(26)32-19-25(39-44-40-37(42)30-13-9-10-14-31(30)38(40)43)20-33(36(32)41)35-28(23(5)6)17-12-18-29(35)24(7)8/h9-24H,1-8H3. The summed E-state index contributed by atoms with van der Waals surface area (Å²) >= 11 is 0.823. The molecule has 0 fully saturated rings. The molecule has 5 nitrogen and oxygen atoms in total. The molecular weight excluding hydrogens is 564 g/mol. The summed E-state index contributed by atoms with van der Waals surface area (Å²) in [4.78, 5) is 41.0. The highest BCUT2D eigenvalue weighted by Crippen LogP contribution is 2.41. The van der Waals surface area contributed by atoms with Crippen LogP contribution in [0, 0.1) is 0 Å². The quantitative estimate of drug-likeness (QED) is 0.146. The highest BCUT2D eigenvalue weighted by atomic mass is 32.2. The largest absolute Gasteiger partial charge is 0.289 e. The number of nitrogens with zero attached hydrogens (tertiary/aromatic N) is 2. The molecule has 6 heteroatoms. The number of carbonyl (C=O) groups is 3. The molecule has 0 unspecified atom stereocenters. The Morgan fingerprint density at radius 3 is 1.25 bits per heavy atom. The first kappa shape index (κ1) is 31.4. The molecule has 0 saturated heterocycles. The van der Waals surface area contributed by atoms with Gasteiger partial charge in [0.2, 0.25) is 0 Å². The van der Waals surface area contributed by atoms with Crippen LogP contribution in [-0.2, 0) is 4.79 Å². The van der Waals surface area contributed by atoms with Crippen molar-refractivity contribution in [1.29, 1.82) is 0 Å². The average Bonchev–Trinajstić information content (AvgIpc) is 3.24. The molecule has 0 saturated carbocycles. The Labute approximate surface area is 265 Å². The van der Waals surface area contributed by atoms with Crippen molar-refractivity contribution in [2.24, 2.45) is 4.40 Å². The summed E-state index contributed by atoms with van der Waals surface area (Å²) in [7, 11) is 0. The van der Waals surface area contributed by atoms with E-state index in [4.69, 9.17) is 4.40 Å². The van der Waals surface area contributed by atoms with Gasteiger partial charge >= 0.3 is 0 Å². The van der Waals surface area contributed by atoms with Gasteiger partial charge in [-0.2, -0.15) is 8.70 Å². The monoisotopic (exact) mass is 604 g/mol. The summed E-state index contributed by atoms with van der Waals surface area (Å²) in [6, 6.07) is 19.3. The Hall–Kier alpha value is -4.03. The number of hydrogen-bond acceptors (Lipinski definition) is 5. The molecule has 226 valence electrons. The van der Waals surface area contributed by atoms with Gasteiger partial charge < -0.3 is 0 Å². The molecule has 3 aromatic rings. The molecule has 2 aliphatic rings. The molecule has 0 bridgehead atoms. The van der Waals surface area contributed by atoms with Gasteiger partial charge in [0, 0.05) is 11.1 Å². The Morgan fingerprint density at radius 2 is 0.909 bits per heavy atom. The number of ketones is 1. The molecule has 0 radical (unpaired) electrons. The van der Waals surface area contributed by atoms with Gasteiger partial charge in [-0.1, -0.05) is 104 Å². The SMILES string of the molecule is CC(C)c1cccc(C(C)C)c1C1=CC(=NSN2C(=O)c3ccccc3C2=O)C=C(c2c(C(C)C)cccc2C(C)C)C1=O. The number of imide groups is 1. The average molecular weight is 605 g/mol. The third-order valence-electron chi connectivity index (χ3n) is 8.34. The summed E-state index contributed by atoms with van der Waals surface area (Å²) in [5.41, 5.74) is 8.74. The van der Waals surface area contributed by atoms with Crippen LogP contribution in [0.2, 0.25) is 0 Å². The van der Waals surface area contributed by atoms with Gasteiger partial charge in [0.15, 0.2) is 5.78 Å². The van der Waals surface area contributed by atoms with E-state index in [0.29, 0.717) is 28.0 Å². The fourth-order valence-electron chi connectivity index (χ4n) is 6.09. The van der Waals surface area contributed by atoms with Crippen LogP contribution in [0.3, 0.4) is 0 Å². The van der Waals surface area contributed by atoms with Crippen LogP contribution in [0.15, 0.2) is 77.2 Å². The van der Waals surface area contributed by atoms with Crippen molar-refractivity contribution >= 4 is 46.6 Å². The van der Waals surface area contributed by atoms with Crippen molar-refractivity contribution in [3.05, 3.63) is 117 Å². The molecule has 1 aliphatic heterocycles. The van der Waals surface area contributed by atoms with Gasteiger partial charge in [-0.05, 0) is 81.3 Å². The molecule has 0 aromatic heterocycles. The third-order valence-corrected chi connectivity index (χ3v) is 9.13. The topological polar surface area (TPSA) is 66.8 Å². The summed E-state index contributed by atoms with van der Waals surface area (Å²) in [6.45, 7) is 17.2. The van der Waals surface area contributed by atoms with Crippen LogP contribution in [-0.4, -0.2) is 27.6 Å². The summed E-state index contributed by atoms with van der Waals surface area (Å²) in [5, 5.41) is 0. The second-order valence-corrected chi connectivity index (χ2v) is 13.4. The third kappa shape index (κ3) is 5.63. The van der Waals surface area contributed by atoms with Crippen molar-refractivity contribution in [1.82, 2.24) is 4.31 Å². The highest BCUT2D eigenvalue weighted by molar-refractivity contribution is 7.97. The lowest BCUT2D eigenvalue weighted by atomic mass is 9.76. The lowest BCUT2D eigenvalue weighted by molar-refractivity contribution is -0.108. The molecular formula is C38H40N2O3S. The highest BCUT2D eigenvalue weighted by Gasteiger charge is 2.37. The molecule has 5 rings (SSSR count). The van der Waals surface area contributed by atoms with Crippen molar-refractivity contribution in [3.8, 4) is 0 Å². The number of carbonyl (C=O) groups excluding carboxylic acids is 3. The van der Waals surface area contributed by atoms with E-state index in [1.165, 1.54) is 0 Å². The fourth-order valence-corrected chi connectivity index (χ4v) is 6.72. The molecule has 1 heterocycles. The first-order valence-electron chi connectivity index (χ1n) is 15.4. The van der Waals surface area contributed by atoms with Crippen LogP contribution >= 0.6 is 12.1 Å². The Kier molecular flexibility index (Phi) is 8.94. The van der Waals surface area contributed by atoms with Crippen LogP contribution in [0.5, 0.6) is 0 Å². The van der Waals surface area contributed by atoms with Gasteiger partial charge in [-0.15, -0.1) is 0 Å². The molecule has 3 aromatic carbocycles. The van der Waals surface area contributed by atoms with Crippen molar-refractivity contribution in [2.75, 3.05) is 0 Å². The van der Waals surface area contributed by atoms with Crippen LogP contribution in [0.4, 0.5) is 0 Å². The zero-order valence-electron chi connectivity index (χ0n) is 26.8. The van der Waals surface area contributed by atoms with E-state index in [0.717, 1.165) is 49.8 Å². The molecule has 0 N–H and O–H groups in total. The van der Waals surface area contributed by atoms with Crippen LogP contribution < -0.4 is 0 Å². The Bertz CT molecular complexity index is 1580. The maximum Gasteiger partial charge on any atom is 0.273 e. The van der Waals surface area contributed by atoms with Crippen molar-refractivity contribution < 1.29 is 14.4 Å². The Balaban J connectivity index is 1.73. The van der Waals surface area contributed by atoms with E-state index in [-0.39, 0.29) is 41.3 Å². The zero-order chi connectivity index (χ0) is 31.9. The zero-order valence-corrected chi connectivity index (χ0v) is 27.6. The Morgan fingerprint density at radius 1 is 0.545 bits per heavy atom. The fraction of sp³-hybridized carbons (Fsp3) is 0.316. The first-order valence-corrected chi connectivity index (χ1v) is 16.1. The number of benzene rings is 3. The normalized spacial score (nSPS) is 15.1. The van der Waals surface area contributed by atoms with Crippen LogP contribution in [0.1, 0.15) is 133 Å². The molecule has 0 spiro atoms. The maximum absolute atomic E-state index is 14.8. The first-order chi connectivity index (χ1) is 20.9. The predicted molar refractivity (Wildman–Crippen MR) is 182 cm³/mol. The minimum Gasteiger partial charge on any atom is -0.289 e. The minimum absolute atomic E-state index is 0.0420. The number of fused-ring (bicyclic) bond motifs is 1. The molecule has 2 amide bonds. The second kappa shape index (κ2) is 12.5. The smallest absolute Gasteiger partial charge is 0.273 e. The summed E-state index contributed by atoms with van der Waals surface area (Å²) in [6.07, 6.45) is 3.66. The predicted octanol–water partition coefficient (Wildman–Crippen LogP) is 9.53. The van der Waals surface area contributed by atoms with Gasteiger partial charge in [0.1, 0.15) is 12.1 Å². The van der Waals surface area contributed by atoms with E-state index in [2.05, 4.69) is 91.8 Å². The summed E-state index contributed by atoms with van der Waals surface area (Å²) < 4.78 is 5.84. The second-order valence-electron chi connectivity index (χ2n) is 12.7.